The first kappa shape index (κ1) is 10.4. The lowest BCUT2D eigenvalue weighted by atomic mass is 9.96. The molecule has 0 fully saturated rings. The molecule has 15 heavy (non-hydrogen) atoms. The van der Waals surface area contributed by atoms with Gasteiger partial charge in [0, 0.05) is 0 Å². The van der Waals surface area contributed by atoms with E-state index in [1.807, 2.05) is 0 Å². The van der Waals surface area contributed by atoms with E-state index >= 15 is 0 Å². The first-order chi connectivity index (χ1) is 7.18. The fraction of sp³-hybridized carbons (Fsp3) is 0.429. The molecule has 80 valence electrons. The van der Waals surface area contributed by atoms with E-state index in [-0.39, 0.29) is 6.04 Å². The van der Waals surface area contributed by atoms with Gasteiger partial charge in [-0.25, -0.2) is 0 Å². The smallest absolute Gasteiger partial charge is 0.0511 e. The van der Waals surface area contributed by atoms with Gasteiger partial charge in [0.1, 0.15) is 0 Å². The second kappa shape index (κ2) is 4.19. The molecule has 0 radical (unpaired) electrons. The molecule has 0 aromatic heterocycles. The monoisotopic (exact) mass is 201 g/mol. The molecule has 0 amide bonds. The molecule has 1 aliphatic rings. The van der Waals surface area contributed by atoms with E-state index in [9.17, 15) is 0 Å². The van der Waals surface area contributed by atoms with Gasteiger partial charge in [0.2, 0.25) is 0 Å². The summed E-state index contributed by atoms with van der Waals surface area (Å²) in [5.41, 5.74) is 11.6. The van der Waals surface area contributed by atoms with Crippen molar-refractivity contribution in [2.24, 2.45) is 5.73 Å². The van der Waals surface area contributed by atoms with Crippen molar-refractivity contribution in [2.75, 3.05) is 0 Å². The molecule has 1 atom stereocenters. The Labute approximate surface area is 92.0 Å². The van der Waals surface area contributed by atoms with Gasteiger partial charge in [0.25, 0.3) is 0 Å². The molecule has 0 heterocycles. The Morgan fingerprint density at radius 2 is 2.00 bits per heavy atom. The minimum atomic E-state index is 0.117. The van der Waals surface area contributed by atoms with Crippen molar-refractivity contribution in [1.29, 1.82) is 0 Å². The van der Waals surface area contributed by atoms with Crippen LogP contribution in [0.5, 0.6) is 0 Å². The average Bonchev–Trinajstić information content (AvgIpc) is 2.74. The van der Waals surface area contributed by atoms with Crippen molar-refractivity contribution in [3.63, 3.8) is 0 Å². The van der Waals surface area contributed by atoms with Crippen LogP contribution in [-0.4, -0.2) is 0 Å². The van der Waals surface area contributed by atoms with E-state index in [2.05, 4.69) is 38.1 Å². The molecule has 2 N–H and O–H groups in total. The summed E-state index contributed by atoms with van der Waals surface area (Å²) < 4.78 is 0. The predicted molar refractivity (Wildman–Crippen MR) is 64.8 cm³/mol. The zero-order chi connectivity index (χ0) is 10.8. The van der Waals surface area contributed by atoms with Crippen LogP contribution in [0.4, 0.5) is 0 Å². The predicted octanol–water partition coefficient (Wildman–Crippen LogP) is 3.41. The first-order valence-electron chi connectivity index (χ1n) is 5.70. The van der Waals surface area contributed by atoms with Gasteiger partial charge in [-0.1, -0.05) is 29.8 Å². The third-order valence-electron chi connectivity index (χ3n) is 3.37. The number of benzene rings is 1. The molecule has 1 aromatic rings. The third-order valence-corrected chi connectivity index (χ3v) is 3.37. The van der Waals surface area contributed by atoms with E-state index in [0.717, 1.165) is 0 Å². The summed E-state index contributed by atoms with van der Waals surface area (Å²) in [7, 11) is 0. The SMILES string of the molecule is Cc1ccc(C(N)C2=CCCC2)cc1C. The van der Waals surface area contributed by atoms with Gasteiger partial charge in [0.15, 0.2) is 0 Å². The molecule has 1 heteroatoms. The summed E-state index contributed by atoms with van der Waals surface area (Å²) in [6.07, 6.45) is 5.95. The highest BCUT2D eigenvalue weighted by molar-refractivity contribution is 5.35. The maximum atomic E-state index is 6.25. The highest BCUT2D eigenvalue weighted by Gasteiger charge is 2.14. The van der Waals surface area contributed by atoms with Crippen LogP contribution >= 0.6 is 0 Å². The summed E-state index contributed by atoms with van der Waals surface area (Å²) in [6, 6.07) is 6.66. The Hall–Kier alpha value is -1.08. The number of allylic oxidation sites excluding steroid dienone is 1. The molecule has 1 nitrogen and oxygen atoms in total. The van der Waals surface area contributed by atoms with Gasteiger partial charge in [-0.2, -0.15) is 0 Å². The highest BCUT2D eigenvalue weighted by Crippen LogP contribution is 2.29. The minimum Gasteiger partial charge on any atom is -0.321 e. The highest BCUT2D eigenvalue weighted by atomic mass is 14.6. The van der Waals surface area contributed by atoms with Crippen LogP contribution in [0.2, 0.25) is 0 Å². The second-order valence-corrected chi connectivity index (χ2v) is 4.49. The van der Waals surface area contributed by atoms with Crippen LogP contribution in [0.3, 0.4) is 0 Å². The molecule has 0 aliphatic heterocycles. The van der Waals surface area contributed by atoms with Crippen molar-refractivity contribution >= 4 is 0 Å². The molecule has 0 saturated heterocycles. The molecule has 2 rings (SSSR count). The van der Waals surface area contributed by atoms with E-state index in [1.165, 1.54) is 41.5 Å². The number of nitrogens with two attached hydrogens (primary N) is 1. The Bertz CT molecular complexity index is 390. The topological polar surface area (TPSA) is 26.0 Å². The van der Waals surface area contributed by atoms with Gasteiger partial charge in [-0.3, -0.25) is 0 Å². The van der Waals surface area contributed by atoms with Crippen LogP contribution in [0.15, 0.2) is 29.8 Å². The first-order valence-corrected chi connectivity index (χ1v) is 5.70. The van der Waals surface area contributed by atoms with Crippen LogP contribution in [0.1, 0.15) is 42.0 Å². The second-order valence-electron chi connectivity index (χ2n) is 4.49. The van der Waals surface area contributed by atoms with Crippen LogP contribution < -0.4 is 5.73 Å². The van der Waals surface area contributed by atoms with Crippen molar-refractivity contribution < 1.29 is 0 Å². The normalized spacial score (nSPS) is 17.7. The molecular formula is C14H19N. The molecule has 1 aliphatic carbocycles. The Kier molecular flexibility index (Phi) is 2.92. The maximum absolute atomic E-state index is 6.25. The van der Waals surface area contributed by atoms with Crippen LogP contribution in [0, 0.1) is 13.8 Å². The summed E-state index contributed by atoms with van der Waals surface area (Å²) in [4.78, 5) is 0. The molecule has 0 saturated carbocycles. The lowest BCUT2D eigenvalue weighted by Gasteiger charge is -2.15. The Balaban J connectivity index is 2.25. The fourth-order valence-corrected chi connectivity index (χ4v) is 2.15. The van der Waals surface area contributed by atoms with Gasteiger partial charge in [-0.15, -0.1) is 0 Å². The summed E-state index contributed by atoms with van der Waals surface area (Å²) in [5.74, 6) is 0. The van der Waals surface area contributed by atoms with Crippen LogP contribution in [0.25, 0.3) is 0 Å². The van der Waals surface area contributed by atoms with E-state index in [4.69, 9.17) is 5.73 Å². The summed E-state index contributed by atoms with van der Waals surface area (Å²) >= 11 is 0. The maximum Gasteiger partial charge on any atom is 0.0511 e. The summed E-state index contributed by atoms with van der Waals surface area (Å²) in [5, 5.41) is 0. The lowest BCUT2D eigenvalue weighted by Crippen LogP contribution is -2.12. The number of aryl methyl sites for hydroxylation is 2. The number of hydrogen-bond donors (Lipinski definition) is 1. The Morgan fingerprint density at radius 1 is 1.20 bits per heavy atom. The molecule has 1 aromatic carbocycles. The summed E-state index contributed by atoms with van der Waals surface area (Å²) in [6.45, 7) is 4.29. The number of hydrogen-bond acceptors (Lipinski definition) is 1. The lowest BCUT2D eigenvalue weighted by molar-refractivity contribution is 0.783. The Morgan fingerprint density at radius 3 is 2.60 bits per heavy atom. The molecular weight excluding hydrogens is 182 g/mol. The molecule has 0 spiro atoms. The van der Waals surface area contributed by atoms with E-state index in [1.54, 1.807) is 0 Å². The van der Waals surface area contributed by atoms with E-state index in [0.29, 0.717) is 0 Å². The fourth-order valence-electron chi connectivity index (χ4n) is 2.15. The van der Waals surface area contributed by atoms with Crippen molar-refractivity contribution in [3.8, 4) is 0 Å². The quantitative estimate of drug-likeness (QED) is 0.729. The zero-order valence-corrected chi connectivity index (χ0v) is 9.59. The molecule has 1 unspecified atom stereocenters. The van der Waals surface area contributed by atoms with Crippen molar-refractivity contribution in [1.82, 2.24) is 0 Å². The van der Waals surface area contributed by atoms with Gasteiger partial charge < -0.3 is 5.73 Å². The standard InChI is InChI=1S/C14H19N/c1-10-7-8-13(9-11(10)2)14(15)12-5-3-4-6-12/h5,7-9,14H,3-4,6,15H2,1-2H3. The van der Waals surface area contributed by atoms with Crippen molar-refractivity contribution in [3.05, 3.63) is 46.5 Å². The average molecular weight is 201 g/mol. The number of rotatable bonds is 2. The van der Waals surface area contributed by atoms with Gasteiger partial charge in [0.05, 0.1) is 6.04 Å². The zero-order valence-electron chi connectivity index (χ0n) is 9.59. The minimum absolute atomic E-state index is 0.117. The van der Waals surface area contributed by atoms with Crippen molar-refractivity contribution in [2.45, 2.75) is 39.2 Å². The molecule has 0 bridgehead atoms. The third kappa shape index (κ3) is 2.13. The van der Waals surface area contributed by atoms with Crippen LogP contribution in [-0.2, 0) is 0 Å². The van der Waals surface area contributed by atoms with E-state index < -0.39 is 0 Å². The van der Waals surface area contributed by atoms with Gasteiger partial charge in [-0.05, 0) is 49.8 Å². The van der Waals surface area contributed by atoms with Gasteiger partial charge >= 0.3 is 0 Å². The largest absolute Gasteiger partial charge is 0.321 e.